The van der Waals surface area contributed by atoms with Gasteiger partial charge in [0.15, 0.2) is 0 Å². The molecule has 2 atom stereocenters. The molecule has 108 valence electrons. The van der Waals surface area contributed by atoms with E-state index in [0.717, 1.165) is 15.1 Å². The molecule has 1 aromatic heterocycles. The van der Waals surface area contributed by atoms with Crippen molar-refractivity contribution in [3.05, 3.63) is 49.3 Å². The third-order valence-electron chi connectivity index (χ3n) is 2.89. The predicted molar refractivity (Wildman–Crippen MR) is 87.8 cm³/mol. The van der Waals surface area contributed by atoms with Crippen LogP contribution in [-0.2, 0) is 0 Å². The third-order valence-corrected chi connectivity index (χ3v) is 5.22. The molecule has 0 aliphatic carbocycles. The van der Waals surface area contributed by atoms with Crippen LogP contribution in [0.4, 0.5) is 4.39 Å². The van der Waals surface area contributed by atoms with Gasteiger partial charge in [0, 0.05) is 17.0 Å². The first-order chi connectivity index (χ1) is 9.51. The Balaban J connectivity index is 2.25. The van der Waals surface area contributed by atoms with E-state index >= 15 is 0 Å². The van der Waals surface area contributed by atoms with E-state index in [4.69, 9.17) is 10.5 Å². The van der Waals surface area contributed by atoms with Crippen molar-refractivity contribution in [1.82, 2.24) is 0 Å². The van der Waals surface area contributed by atoms with Crippen LogP contribution < -0.4 is 10.5 Å². The van der Waals surface area contributed by atoms with E-state index in [-0.39, 0.29) is 18.0 Å². The molecule has 20 heavy (non-hydrogen) atoms. The van der Waals surface area contributed by atoms with Gasteiger partial charge in [-0.25, -0.2) is 4.39 Å². The molecule has 2 N–H and O–H groups in total. The SMILES string of the molecule is CCC(N)C(Oc1ccc(Br)c(F)c1)c1ccc(Br)s1. The Hall–Kier alpha value is -0.430. The number of ether oxygens (including phenoxy) is 1. The summed E-state index contributed by atoms with van der Waals surface area (Å²) in [6.07, 6.45) is 0.496. The topological polar surface area (TPSA) is 35.2 Å². The van der Waals surface area contributed by atoms with Crippen LogP contribution in [0.3, 0.4) is 0 Å². The molecule has 0 aliphatic heterocycles. The summed E-state index contributed by atoms with van der Waals surface area (Å²) in [6.45, 7) is 2.01. The van der Waals surface area contributed by atoms with Crippen molar-refractivity contribution in [1.29, 1.82) is 0 Å². The molecule has 0 aliphatic rings. The summed E-state index contributed by atoms with van der Waals surface area (Å²) < 4.78 is 20.9. The van der Waals surface area contributed by atoms with Crippen molar-refractivity contribution in [2.45, 2.75) is 25.5 Å². The zero-order valence-electron chi connectivity index (χ0n) is 10.8. The average Bonchev–Trinajstić information content (AvgIpc) is 2.85. The number of nitrogens with two attached hydrogens (primary N) is 1. The first-order valence-electron chi connectivity index (χ1n) is 6.13. The minimum atomic E-state index is -0.348. The van der Waals surface area contributed by atoms with Gasteiger partial charge in [-0.15, -0.1) is 11.3 Å². The highest BCUT2D eigenvalue weighted by Crippen LogP contribution is 2.33. The Morgan fingerprint density at radius 1 is 1.30 bits per heavy atom. The van der Waals surface area contributed by atoms with Crippen molar-refractivity contribution in [2.75, 3.05) is 0 Å². The van der Waals surface area contributed by atoms with Crippen molar-refractivity contribution in [3.63, 3.8) is 0 Å². The van der Waals surface area contributed by atoms with Gasteiger partial charge in [0.1, 0.15) is 17.7 Å². The molecular formula is C14H14Br2FNOS. The van der Waals surface area contributed by atoms with Crippen LogP contribution in [0.15, 0.2) is 38.6 Å². The molecule has 0 saturated heterocycles. The quantitative estimate of drug-likeness (QED) is 0.712. The summed E-state index contributed by atoms with van der Waals surface area (Å²) >= 11 is 8.14. The van der Waals surface area contributed by atoms with E-state index in [2.05, 4.69) is 31.9 Å². The number of hydrogen-bond acceptors (Lipinski definition) is 3. The van der Waals surface area contributed by atoms with Gasteiger partial charge in [0.05, 0.1) is 8.26 Å². The lowest BCUT2D eigenvalue weighted by molar-refractivity contribution is 0.174. The number of benzene rings is 1. The highest BCUT2D eigenvalue weighted by Gasteiger charge is 2.22. The Labute approximate surface area is 138 Å². The minimum absolute atomic E-state index is 0.146. The van der Waals surface area contributed by atoms with Crippen molar-refractivity contribution < 1.29 is 9.13 Å². The number of hydrogen-bond donors (Lipinski definition) is 1. The zero-order chi connectivity index (χ0) is 14.7. The normalized spacial score (nSPS) is 14.1. The fourth-order valence-corrected chi connectivity index (χ4v) is 3.52. The molecule has 1 heterocycles. The first kappa shape index (κ1) is 15.9. The van der Waals surface area contributed by atoms with E-state index < -0.39 is 0 Å². The van der Waals surface area contributed by atoms with Gasteiger partial charge in [-0.2, -0.15) is 0 Å². The summed E-state index contributed by atoms with van der Waals surface area (Å²) in [5.41, 5.74) is 6.14. The Morgan fingerprint density at radius 3 is 2.60 bits per heavy atom. The summed E-state index contributed by atoms with van der Waals surface area (Å²) in [4.78, 5) is 1.02. The van der Waals surface area contributed by atoms with Crippen molar-refractivity contribution >= 4 is 43.2 Å². The molecule has 2 rings (SSSR count). The molecular weight excluding hydrogens is 409 g/mol. The zero-order valence-corrected chi connectivity index (χ0v) is 14.8. The van der Waals surface area contributed by atoms with Gasteiger partial charge in [0.2, 0.25) is 0 Å². The van der Waals surface area contributed by atoms with E-state index in [1.165, 1.54) is 6.07 Å². The van der Waals surface area contributed by atoms with Crippen LogP contribution in [0, 0.1) is 5.82 Å². The van der Waals surface area contributed by atoms with Crippen LogP contribution in [-0.4, -0.2) is 6.04 Å². The van der Waals surface area contributed by atoms with Crippen LogP contribution in [0.25, 0.3) is 0 Å². The van der Waals surface area contributed by atoms with Gasteiger partial charge in [-0.1, -0.05) is 6.92 Å². The van der Waals surface area contributed by atoms with Gasteiger partial charge in [-0.3, -0.25) is 0 Å². The van der Waals surface area contributed by atoms with Crippen LogP contribution in [0.5, 0.6) is 5.75 Å². The molecule has 0 saturated carbocycles. The Bertz CT molecular complexity index is 590. The fourth-order valence-electron chi connectivity index (χ4n) is 1.75. The molecule has 0 radical (unpaired) electrons. The molecule has 1 aromatic carbocycles. The predicted octanol–water partition coefficient (Wildman–Crippen LogP) is 5.27. The van der Waals surface area contributed by atoms with Gasteiger partial charge in [0.25, 0.3) is 0 Å². The molecule has 0 bridgehead atoms. The molecule has 0 amide bonds. The van der Waals surface area contributed by atoms with Crippen molar-refractivity contribution in [3.8, 4) is 5.75 Å². The second-order valence-electron chi connectivity index (χ2n) is 4.33. The van der Waals surface area contributed by atoms with Crippen LogP contribution in [0.1, 0.15) is 24.3 Å². The number of halogens is 3. The second kappa shape index (κ2) is 7.02. The number of rotatable bonds is 5. The highest BCUT2D eigenvalue weighted by atomic mass is 79.9. The summed E-state index contributed by atoms with van der Waals surface area (Å²) in [7, 11) is 0. The van der Waals surface area contributed by atoms with Crippen LogP contribution in [0.2, 0.25) is 0 Å². The molecule has 6 heteroatoms. The Morgan fingerprint density at radius 2 is 2.05 bits per heavy atom. The van der Waals surface area contributed by atoms with Gasteiger partial charge < -0.3 is 10.5 Å². The summed E-state index contributed by atoms with van der Waals surface area (Å²) in [6, 6.07) is 8.51. The second-order valence-corrected chi connectivity index (χ2v) is 7.68. The molecule has 2 unspecified atom stereocenters. The Kier molecular flexibility index (Phi) is 5.60. The lowest BCUT2D eigenvalue weighted by Crippen LogP contribution is -2.30. The average molecular weight is 423 g/mol. The fraction of sp³-hybridized carbons (Fsp3) is 0.286. The monoisotopic (exact) mass is 421 g/mol. The largest absolute Gasteiger partial charge is 0.483 e. The van der Waals surface area contributed by atoms with E-state index in [9.17, 15) is 4.39 Å². The maximum atomic E-state index is 13.6. The van der Waals surface area contributed by atoms with E-state index in [1.807, 2.05) is 19.1 Å². The molecule has 0 spiro atoms. The molecule has 2 aromatic rings. The highest BCUT2D eigenvalue weighted by molar-refractivity contribution is 9.11. The van der Waals surface area contributed by atoms with Crippen LogP contribution >= 0.6 is 43.2 Å². The molecule has 2 nitrogen and oxygen atoms in total. The van der Waals surface area contributed by atoms with Gasteiger partial charge in [-0.05, 0) is 62.5 Å². The maximum absolute atomic E-state index is 13.6. The lowest BCUT2D eigenvalue weighted by Gasteiger charge is -2.23. The first-order valence-corrected chi connectivity index (χ1v) is 8.54. The number of thiophene rings is 1. The molecule has 0 fully saturated rings. The smallest absolute Gasteiger partial charge is 0.148 e. The minimum Gasteiger partial charge on any atom is -0.483 e. The van der Waals surface area contributed by atoms with Gasteiger partial charge >= 0.3 is 0 Å². The summed E-state index contributed by atoms with van der Waals surface area (Å²) in [5, 5.41) is 0. The van der Waals surface area contributed by atoms with Crippen molar-refractivity contribution in [2.24, 2.45) is 5.73 Å². The summed E-state index contributed by atoms with van der Waals surface area (Å²) in [5.74, 6) is 0.128. The van der Waals surface area contributed by atoms with E-state index in [1.54, 1.807) is 23.5 Å². The standard InChI is InChI=1S/C14H14Br2FNOS/c1-2-11(18)14(12-5-6-13(16)20-12)19-8-3-4-9(15)10(17)7-8/h3-7,11,14H,2,18H2,1H3. The van der Waals surface area contributed by atoms with E-state index in [0.29, 0.717) is 10.2 Å². The maximum Gasteiger partial charge on any atom is 0.148 e. The third kappa shape index (κ3) is 3.81. The lowest BCUT2D eigenvalue weighted by atomic mass is 10.1.